The molecule has 0 rings (SSSR count). The molecule has 0 aromatic rings. The average molecular weight is 286 g/mol. The molecule has 0 aromatic carbocycles. The van der Waals surface area contributed by atoms with Crippen LogP contribution in [0.4, 0.5) is 0 Å². The largest absolute Gasteiger partial charge is 0.480 e. The van der Waals surface area contributed by atoms with Crippen LogP contribution in [0.3, 0.4) is 0 Å². The molecule has 0 spiro atoms. The van der Waals surface area contributed by atoms with Gasteiger partial charge in [0.25, 0.3) is 0 Å². The number of hydrogen-bond acceptors (Lipinski definition) is 2. The molecule has 0 saturated heterocycles. The van der Waals surface area contributed by atoms with Crippen LogP contribution < -0.4 is 0 Å². The predicted octanol–water partition coefficient (Wildman–Crippen LogP) is 4.33. The van der Waals surface area contributed by atoms with E-state index in [0.29, 0.717) is 0 Å². The first-order valence-corrected chi connectivity index (χ1v) is 7.85. The van der Waals surface area contributed by atoms with E-state index in [0.717, 1.165) is 38.5 Å². The van der Waals surface area contributed by atoms with Gasteiger partial charge in [0.2, 0.25) is 0 Å². The number of aliphatic carboxylic acids is 2. The van der Waals surface area contributed by atoms with Gasteiger partial charge in [0, 0.05) is 0 Å². The maximum Gasteiger partial charge on any atom is 0.320 e. The van der Waals surface area contributed by atoms with Crippen LogP contribution in [0.25, 0.3) is 0 Å². The van der Waals surface area contributed by atoms with Crippen molar-refractivity contribution in [1.29, 1.82) is 0 Å². The number of carboxylic acids is 2. The van der Waals surface area contributed by atoms with E-state index >= 15 is 0 Å². The van der Waals surface area contributed by atoms with Gasteiger partial charge < -0.3 is 10.2 Å². The van der Waals surface area contributed by atoms with E-state index in [1.807, 2.05) is 0 Å². The van der Waals surface area contributed by atoms with Crippen molar-refractivity contribution >= 4 is 11.9 Å². The summed E-state index contributed by atoms with van der Waals surface area (Å²) in [6.07, 6.45) is 8.78. The van der Waals surface area contributed by atoms with E-state index < -0.39 is 17.4 Å². The van der Waals surface area contributed by atoms with Crippen LogP contribution in [-0.2, 0) is 9.59 Å². The molecule has 0 bridgehead atoms. The maximum atomic E-state index is 11.3. The number of hydrogen-bond donors (Lipinski definition) is 2. The summed E-state index contributed by atoms with van der Waals surface area (Å²) >= 11 is 0. The second-order valence-corrected chi connectivity index (χ2v) is 6.00. The number of unbranched alkanes of at least 4 members (excludes halogenated alkanes) is 4. The van der Waals surface area contributed by atoms with Crippen LogP contribution in [-0.4, -0.2) is 22.2 Å². The van der Waals surface area contributed by atoms with E-state index in [9.17, 15) is 19.8 Å². The summed E-state index contributed by atoms with van der Waals surface area (Å²) < 4.78 is 0. The zero-order chi connectivity index (χ0) is 15.6. The molecule has 0 fully saturated rings. The fraction of sp³-hybridized carbons (Fsp3) is 0.875. The van der Waals surface area contributed by atoms with Gasteiger partial charge in [0.1, 0.15) is 0 Å². The summed E-state index contributed by atoms with van der Waals surface area (Å²) in [6, 6.07) is 0. The van der Waals surface area contributed by atoms with E-state index in [2.05, 4.69) is 13.8 Å². The second kappa shape index (κ2) is 9.78. The normalized spacial score (nSPS) is 13.2. The molecule has 1 atom stereocenters. The second-order valence-electron chi connectivity index (χ2n) is 6.00. The van der Waals surface area contributed by atoms with Gasteiger partial charge >= 0.3 is 11.9 Å². The van der Waals surface area contributed by atoms with Gasteiger partial charge in [-0.2, -0.15) is 0 Å². The van der Waals surface area contributed by atoms with Gasteiger partial charge in [-0.25, -0.2) is 0 Å². The molecule has 4 heteroatoms. The lowest BCUT2D eigenvalue weighted by Crippen LogP contribution is -2.38. The third-order valence-electron chi connectivity index (χ3n) is 4.07. The van der Waals surface area contributed by atoms with Gasteiger partial charge in [-0.05, 0) is 19.3 Å². The van der Waals surface area contributed by atoms with E-state index in [1.165, 1.54) is 19.8 Å². The highest BCUT2D eigenvalue weighted by Gasteiger charge is 2.43. The molecule has 1 unspecified atom stereocenters. The van der Waals surface area contributed by atoms with Crippen LogP contribution in [0.2, 0.25) is 0 Å². The van der Waals surface area contributed by atoms with Crippen LogP contribution in [0.5, 0.6) is 0 Å². The van der Waals surface area contributed by atoms with Crippen LogP contribution in [0, 0.1) is 11.3 Å². The molecule has 0 aliphatic heterocycles. The quantitative estimate of drug-likeness (QED) is 0.413. The minimum atomic E-state index is -1.65. The first-order valence-electron chi connectivity index (χ1n) is 7.85. The smallest absolute Gasteiger partial charge is 0.320 e. The Morgan fingerprint density at radius 2 is 1.40 bits per heavy atom. The van der Waals surface area contributed by atoms with Gasteiger partial charge in [0.05, 0.1) is 0 Å². The fourth-order valence-corrected chi connectivity index (χ4v) is 2.54. The van der Waals surface area contributed by atoms with Gasteiger partial charge in [-0.15, -0.1) is 0 Å². The predicted molar refractivity (Wildman–Crippen MR) is 79.8 cm³/mol. The van der Waals surface area contributed by atoms with Crippen molar-refractivity contribution in [3.05, 3.63) is 0 Å². The van der Waals surface area contributed by atoms with Crippen molar-refractivity contribution in [2.75, 3.05) is 0 Å². The van der Waals surface area contributed by atoms with E-state index in [4.69, 9.17) is 0 Å². The maximum absolute atomic E-state index is 11.3. The molecule has 0 aromatic heterocycles. The van der Waals surface area contributed by atoms with Gasteiger partial charge in [-0.1, -0.05) is 65.2 Å². The summed E-state index contributed by atoms with van der Waals surface area (Å²) in [6.45, 7) is 5.59. The summed E-state index contributed by atoms with van der Waals surface area (Å²) in [5.41, 5.74) is -1.65. The lowest BCUT2D eigenvalue weighted by atomic mass is 9.77. The molecule has 0 saturated carbocycles. The molecule has 0 aliphatic rings. The monoisotopic (exact) mass is 286 g/mol. The average Bonchev–Trinajstić information content (AvgIpc) is 2.39. The van der Waals surface area contributed by atoms with Crippen LogP contribution in [0.15, 0.2) is 0 Å². The number of rotatable bonds is 12. The van der Waals surface area contributed by atoms with Gasteiger partial charge in [-0.3, -0.25) is 9.59 Å². The van der Waals surface area contributed by atoms with Crippen LogP contribution in [0.1, 0.15) is 78.6 Å². The Morgan fingerprint density at radius 3 is 1.85 bits per heavy atom. The van der Waals surface area contributed by atoms with E-state index in [1.54, 1.807) is 0 Å². The zero-order valence-corrected chi connectivity index (χ0v) is 13.2. The molecule has 20 heavy (non-hydrogen) atoms. The van der Waals surface area contributed by atoms with Gasteiger partial charge in [0.15, 0.2) is 5.41 Å². The fourth-order valence-electron chi connectivity index (χ4n) is 2.54. The highest BCUT2D eigenvalue weighted by atomic mass is 16.4. The zero-order valence-electron chi connectivity index (χ0n) is 13.2. The highest BCUT2D eigenvalue weighted by molar-refractivity contribution is 5.97. The molecule has 0 amide bonds. The summed E-state index contributed by atoms with van der Waals surface area (Å²) in [4.78, 5) is 22.5. The molecule has 4 nitrogen and oxygen atoms in total. The van der Waals surface area contributed by atoms with Crippen molar-refractivity contribution in [3.8, 4) is 0 Å². The molecular weight excluding hydrogens is 256 g/mol. The topological polar surface area (TPSA) is 74.6 Å². The lowest BCUT2D eigenvalue weighted by Gasteiger charge is -2.26. The lowest BCUT2D eigenvalue weighted by molar-refractivity contribution is -0.164. The molecule has 2 N–H and O–H groups in total. The summed E-state index contributed by atoms with van der Waals surface area (Å²) in [5, 5.41) is 18.4. The van der Waals surface area contributed by atoms with Crippen LogP contribution >= 0.6 is 0 Å². The first kappa shape index (κ1) is 18.9. The van der Waals surface area contributed by atoms with Crippen molar-refractivity contribution in [2.45, 2.75) is 78.6 Å². The Labute approximate surface area is 122 Å². The molecule has 0 heterocycles. The Kier molecular flexibility index (Phi) is 9.26. The van der Waals surface area contributed by atoms with E-state index in [-0.39, 0.29) is 12.3 Å². The standard InChI is InChI=1S/C16H30O4/c1-4-6-8-9-11-13(10-7-5-2)12-16(3,14(17)18)15(19)20/h13H,4-12H2,1-3H3,(H,17,18)(H,19,20). The highest BCUT2D eigenvalue weighted by Crippen LogP contribution is 2.32. The molecule has 0 aliphatic carbocycles. The van der Waals surface area contributed by atoms with Crippen molar-refractivity contribution in [2.24, 2.45) is 11.3 Å². The van der Waals surface area contributed by atoms with Crippen molar-refractivity contribution in [1.82, 2.24) is 0 Å². The Morgan fingerprint density at radius 1 is 0.900 bits per heavy atom. The minimum Gasteiger partial charge on any atom is -0.480 e. The SMILES string of the molecule is CCCCCCC(CCCC)CC(C)(C(=O)O)C(=O)O. The Balaban J connectivity index is 4.59. The Bertz CT molecular complexity index is 285. The third kappa shape index (κ3) is 6.40. The molecule has 118 valence electrons. The summed E-state index contributed by atoms with van der Waals surface area (Å²) in [5.74, 6) is -2.25. The minimum absolute atomic E-state index is 0.198. The molecule has 0 radical (unpaired) electrons. The first-order chi connectivity index (χ1) is 9.38. The third-order valence-corrected chi connectivity index (χ3v) is 4.07. The number of carbonyl (C=O) groups is 2. The van der Waals surface area contributed by atoms with Crippen molar-refractivity contribution < 1.29 is 19.8 Å². The summed E-state index contributed by atoms with van der Waals surface area (Å²) in [7, 11) is 0. The molecular formula is C16H30O4. The van der Waals surface area contributed by atoms with Crippen molar-refractivity contribution in [3.63, 3.8) is 0 Å². The number of carboxylic acid groups (broad SMARTS) is 2. The Hall–Kier alpha value is -1.06.